The fraction of sp³-hybridized carbons (Fsp3) is 0.333. The average Bonchev–Trinajstić information content (AvgIpc) is 2.63. The van der Waals surface area contributed by atoms with Gasteiger partial charge in [-0.3, -0.25) is 4.79 Å². The largest absolute Gasteiger partial charge is 0.469 e. The number of oxime groups is 1. The van der Waals surface area contributed by atoms with E-state index in [1.165, 1.54) is 6.26 Å². The van der Waals surface area contributed by atoms with E-state index in [-0.39, 0.29) is 11.7 Å². The van der Waals surface area contributed by atoms with Gasteiger partial charge in [0.25, 0.3) is 5.91 Å². The lowest BCUT2D eigenvalue weighted by atomic mass is 10.2. The summed E-state index contributed by atoms with van der Waals surface area (Å²) in [6.07, 6.45) is 1.35. The number of rotatable bonds is 3. The topological polar surface area (TPSA) is 101 Å². The van der Waals surface area contributed by atoms with E-state index in [1.807, 2.05) is 0 Å². The third kappa shape index (κ3) is 2.73. The Morgan fingerprint density at radius 3 is 2.87 bits per heavy atom. The normalized spacial score (nSPS) is 13.6. The van der Waals surface area contributed by atoms with Crippen LogP contribution in [0.4, 0.5) is 0 Å². The third-order valence-electron chi connectivity index (χ3n) is 1.90. The van der Waals surface area contributed by atoms with Gasteiger partial charge in [0.2, 0.25) is 0 Å². The Hall–Kier alpha value is -1.98. The predicted molar refractivity (Wildman–Crippen MR) is 53.8 cm³/mol. The molecule has 82 valence electrons. The van der Waals surface area contributed by atoms with E-state index < -0.39 is 6.04 Å². The van der Waals surface area contributed by atoms with E-state index in [2.05, 4.69) is 10.5 Å². The van der Waals surface area contributed by atoms with Gasteiger partial charge in [-0.15, -0.1) is 0 Å². The van der Waals surface area contributed by atoms with Crippen LogP contribution in [-0.4, -0.2) is 23.0 Å². The van der Waals surface area contributed by atoms with Gasteiger partial charge in [0.05, 0.1) is 11.6 Å². The van der Waals surface area contributed by atoms with Crippen molar-refractivity contribution in [2.45, 2.75) is 19.9 Å². The summed E-state index contributed by atoms with van der Waals surface area (Å²) in [5, 5.41) is 13.7. The Balaban J connectivity index is 2.64. The summed E-state index contributed by atoms with van der Waals surface area (Å²) >= 11 is 0. The number of furan rings is 1. The molecule has 1 aromatic heterocycles. The molecule has 6 nitrogen and oxygen atoms in total. The van der Waals surface area contributed by atoms with Crippen LogP contribution in [0.15, 0.2) is 21.9 Å². The van der Waals surface area contributed by atoms with E-state index in [1.54, 1.807) is 19.9 Å². The van der Waals surface area contributed by atoms with Crippen molar-refractivity contribution in [2.24, 2.45) is 10.9 Å². The molecule has 0 radical (unpaired) electrons. The highest BCUT2D eigenvalue weighted by atomic mass is 16.4. The number of hydrogen-bond donors (Lipinski definition) is 3. The molecule has 0 bridgehead atoms. The molecular formula is C9H13N3O3. The van der Waals surface area contributed by atoms with E-state index >= 15 is 0 Å². The predicted octanol–water partition coefficient (Wildman–Crippen LogP) is 0.453. The molecule has 0 fully saturated rings. The monoisotopic (exact) mass is 211 g/mol. The standard InChI is InChI=1S/C9H13N3O3/c1-5-3-7(4-15-5)9(13)11-6(2)8(10)12-14/h3-4,6,14H,1-2H3,(H2,10,12)(H,11,13). The molecule has 1 heterocycles. The van der Waals surface area contributed by atoms with Crippen molar-refractivity contribution in [2.75, 3.05) is 0 Å². The summed E-state index contributed by atoms with van der Waals surface area (Å²) in [6.45, 7) is 3.35. The molecule has 0 spiro atoms. The van der Waals surface area contributed by atoms with Crippen LogP contribution in [0.3, 0.4) is 0 Å². The Morgan fingerprint density at radius 1 is 1.73 bits per heavy atom. The maximum Gasteiger partial charge on any atom is 0.255 e. The first-order valence-electron chi connectivity index (χ1n) is 4.38. The molecule has 15 heavy (non-hydrogen) atoms. The molecule has 1 amide bonds. The van der Waals surface area contributed by atoms with E-state index in [0.717, 1.165) is 0 Å². The lowest BCUT2D eigenvalue weighted by molar-refractivity contribution is 0.0948. The number of hydrogen-bond acceptors (Lipinski definition) is 4. The molecule has 1 rings (SSSR count). The average molecular weight is 211 g/mol. The summed E-state index contributed by atoms with van der Waals surface area (Å²) in [7, 11) is 0. The number of nitrogens with one attached hydrogen (secondary N) is 1. The Morgan fingerprint density at radius 2 is 2.40 bits per heavy atom. The first-order chi connectivity index (χ1) is 7.04. The second-order valence-electron chi connectivity index (χ2n) is 3.17. The minimum atomic E-state index is -0.530. The Labute approximate surface area is 86.7 Å². The van der Waals surface area contributed by atoms with Gasteiger partial charge >= 0.3 is 0 Å². The first kappa shape index (κ1) is 11.1. The third-order valence-corrected chi connectivity index (χ3v) is 1.90. The van der Waals surface area contributed by atoms with Crippen molar-refractivity contribution < 1.29 is 14.4 Å². The van der Waals surface area contributed by atoms with E-state index in [0.29, 0.717) is 11.3 Å². The van der Waals surface area contributed by atoms with Gasteiger partial charge in [-0.05, 0) is 19.9 Å². The lowest BCUT2D eigenvalue weighted by Gasteiger charge is -2.10. The number of nitrogens with two attached hydrogens (primary N) is 1. The highest BCUT2D eigenvalue weighted by molar-refractivity contribution is 5.97. The molecule has 6 heteroatoms. The zero-order valence-corrected chi connectivity index (χ0v) is 8.52. The van der Waals surface area contributed by atoms with Crippen LogP contribution in [0.25, 0.3) is 0 Å². The SMILES string of the molecule is Cc1cc(C(=O)NC(C)C(N)=NO)co1. The quantitative estimate of drug-likeness (QED) is 0.292. The minimum absolute atomic E-state index is 0.0523. The number of carbonyl (C=O) groups excluding carboxylic acids is 1. The molecule has 1 aromatic rings. The van der Waals surface area contributed by atoms with Gasteiger partial charge in [-0.2, -0.15) is 0 Å². The Bertz CT molecular complexity index is 384. The zero-order valence-electron chi connectivity index (χ0n) is 8.52. The lowest BCUT2D eigenvalue weighted by Crippen LogP contribution is -2.42. The minimum Gasteiger partial charge on any atom is -0.469 e. The highest BCUT2D eigenvalue weighted by Gasteiger charge is 2.14. The summed E-state index contributed by atoms with van der Waals surface area (Å²) in [5.41, 5.74) is 5.72. The zero-order chi connectivity index (χ0) is 11.4. The number of amidine groups is 1. The van der Waals surface area contributed by atoms with Gasteiger partial charge in [-0.25, -0.2) is 0 Å². The molecule has 1 atom stereocenters. The van der Waals surface area contributed by atoms with Crippen molar-refractivity contribution in [3.05, 3.63) is 23.7 Å². The fourth-order valence-corrected chi connectivity index (χ4v) is 1.00. The number of aryl methyl sites for hydroxylation is 1. The van der Waals surface area contributed by atoms with Gasteiger partial charge < -0.3 is 20.7 Å². The van der Waals surface area contributed by atoms with Crippen LogP contribution in [0.1, 0.15) is 23.0 Å². The van der Waals surface area contributed by atoms with Crippen LogP contribution in [-0.2, 0) is 0 Å². The maximum atomic E-state index is 11.5. The molecule has 0 saturated heterocycles. The van der Waals surface area contributed by atoms with Crippen LogP contribution in [0.5, 0.6) is 0 Å². The van der Waals surface area contributed by atoms with Crippen molar-refractivity contribution in [1.29, 1.82) is 0 Å². The van der Waals surface area contributed by atoms with Crippen molar-refractivity contribution in [3.63, 3.8) is 0 Å². The van der Waals surface area contributed by atoms with E-state index in [9.17, 15) is 4.79 Å². The van der Waals surface area contributed by atoms with Gasteiger partial charge in [0.1, 0.15) is 12.0 Å². The molecule has 0 aliphatic heterocycles. The first-order valence-corrected chi connectivity index (χ1v) is 4.38. The second kappa shape index (κ2) is 4.50. The van der Waals surface area contributed by atoms with Crippen molar-refractivity contribution in [1.82, 2.24) is 5.32 Å². The van der Waals surface area contributed by atoms with Gasteiger partial charge in [-0.1, -0.05) is 5.16 Å². The van der Waals surface area contributed by atoms with Crippen LogP contribution in [0.2, 0.25) is 0 Å². The second-order valence-corrected chi connectivity index (χ2v) is 3.17. The van der Waals surface area contributed by atoms with Gasteiger partial charge in [0.15, 0.2) is 5.84 Å². The summed E-state index contributed by atoms with van der Waals surface area (Å²) in [5.74, 6) is 0.270. The molecule has 0 aliphatic carbocycles. The molecule has 0 aromatic carbocycles. The van der Waals surface area contributed by atoms with Crippen LogP contribution in [0, 0.1) is 6.92 Å². The smallest absolute Gasteiger partial charge is 0.255 e. The molecule has 0 aliphatic rings. The summed E-state index contributed by atoms with van der Waals surface area (Å²) < 4.78 is 4.98. The number of carbonyl (C=O) groups is 1. The Kier molecular flexibility index (Phi) is 3.33. The molecular weight excluding hydrogens is 198 g/mol. The van der Waals surface area contributed by atoms with Crippen molar-refractivity contribution >= 4 is 11.7 Å². The molecule has 0 saturated carbocycles. The van der Waals surface area contributed by atoms with Crippen LogP contribution < -0.4 is 11.1 Å². The maximum absolute atomic E-state index is 11.5. The summed E-state index contributed by atoms with van der Waals surface area (Å²) in [4.78, 5) is 11.5. The highest BCUT2D eigenvalue weighted by Crippen LogP contribution is 2.05. The fourth-order valence-electron chi connectivity index (χ4n) is 1.00. The number of amides is 1. The molecule has 4 N–H and O–H groups in total. The summed E-state index contributed by atoms with van der Waals surface area (Å²) in [6, 6.07) is 1.08. The van der Waals surface area contributed by atoms with E-state index in [4.69, 9.17) is 15.4 Å². The van der Waals surface area contributed by atoms with Gasteiger partial charge in [0, 0.05) is 0 Å². The van der Waals surface area contributed by atoms with Crippen LogP contribution >= 0.6 is 0 Å². The van der Waals surface area contributed by atoms with Crippen molar-refractivity contribution in [3.8, 4) is 0 Å². The molecule has 1 unspecified atom stereocenters. The number of nitrogens with zero attached hydrogens (tertiary/aromatic N) is 1.